The number of nitrogens with one attached hydrogen (secondary N) is 1. The van der Waals surface area contributed by atoms with Crippen molar-refractivity contribution in [2.75, 3.05) is 11.1 Å². The maximum atomic E-state index is 12.7. The Balaban J connectivity index is 1.62. The minimum absolute atomic E-state index is 0.173. The highest BCUT2D eigenvalue weighted by atomic mass is 32.1. The van der Waals surface area contributed by atoms with E-state index in [1.54, 1.807) is 16.2 Å². The molecule has 4 aromatic rings. The van der Waals surface area contributed by atoms with Crippen LogP contribution in [-0.2, 0) is 13.1 Å². The number of thiophene rings is 3. The molecule has 0 spiro atoms. The lowest BCUT2D eigenvalue weighted by molar-refractivity contribution is 0.100. The number of aromatic nitrogens is 1. The molecule has 0 radical (unpaired) electrons. The van der Waals surface area contributed by atoms with E-state index in [2.05, 4.69) is 5.32 Å². The zero-order valence-corrected chi connectivity index (χ0v) is 17.4. The van der Waals surface area contributed by atoms with Gasteiger partial charge < -0.3 is 21.7 Å². The third-order valence-corrected chi connectivity index (χ3v) is 7.49. The van der Waals surface area contributed by atoms with Crippen molar-refractivity contribution in [3.05, 3.63) is 50.5 Å². The molecular formula is C19H15N5O2S3. The van der Waals surface area contributed by atoms with E-state index in [0.717, 1.165) is 32.8 Å². The lowest BCUT2D eigenvalue weighted by atomic mass is 10.0. The zero-order valence-electron chi connectivity index (χ0n) is 15.0. The van der Waals surface area contributed by atoms with Gasteiger partial charge in [-0.3, -0.25) is 4.79 Å². The highest BCUT2D eigenvalue weighted by molar-refractivity contribution is 7.21. The number of anilines is 2. The van der Waals surface area contributed by atoms with Gasteiger partial charge in [-0.05, 0) is 22.9 Å². The van der Waals surface area contributed by atoms with Crippen molar-refractivity contribution in [3.8, 4) is 10.4 Å². The van der Waals surface area contributed by atoms with E-state index in [0.29, 0.717) is 28.5 Å². The number of urea groups is 1. The van der Waals surface area contributed by atoms with E-state index in [-0.39, 0.29) is 6.03 Å². The summed E-state index contributed by atoms with van der Waals surface area (Å²) in [6.07, 6.45) is 0. The van der Waals surface area contributed by atoms with Gasteiger partial charge in [-0.15, -0.1) is 22.7 Å². The van der Waals surface area contributed by atoms with Gasteiger partial charge in [0.25, 0.3) is 5.91 Å². The van der Waals surface area contributed by atoms with Crippen molar-refractivity contribution in [2.24, 2.45) is 5.73 Å². The zero-order chi connectivity index (χ0) is 20.1. The number of fused-ring (bicyclic) bond motifs is 2. The largest absolute Gasteiger partial charge is 0.397 e. The van der Waals surface area contributed by atoms with Crippen LogP contribution in [-0.4, -0.2) is 21.8 Å². The molecule has 0 bridgehead atoms. The second-order valence-corrected chi connectivity index (χ2v) is 9.30. The van der Waals surface area contributed by atoms with Gasteiger partial charge in [0.05, 0.1) is 30.2 Å². The molecule has 4 aromatic heterocycles. The van der Waals surface area contributed by atoms with E-state index in [1.807, 2.05) is 34.3 Å². The normalized spacial score (nSPS) is 13.0. The Morgan fingerprint density at radius 1 is 1.21 bits per heavy atom. The summed E-state index contributed by atoms with van der Waals surface area (Å²) in [7, 11) is 0. The van der Waals surface area contributed by atoms with Crippen LogP contribution in [0.3, 0.4) is 0 Å². The Labute approximate surface area is 177 Å². The number of nitrogen functional groups attached to an aromatic ring is 1. The first kappa shape index (κ1) is 18.1. The van der Waals surface area contributed by atoms with Gasteiger partial charge in [-0.25, -0.2) is 9.78 Å². The van der Waals surface area contributed by atoms with Gasteiger partial charge in [0.1, 0.15) is 9.71 Å². The first-order chi connectivity index (χ1) is 14.0. The summed E-state index contributed by atoms with van der Waals surface area (Å²) in [5.74, 6) is -0.556. The van der Waals surface area contributed by atoms with E-state index >= 15 is 0 Å². The Hall–Kier alpha value is -2.95. The van der Waals surface area contributed by atoms with E-state index in [1.165, 1.54) is 22.7 Å². The standard InChI is InChI=1S/C19H15N5O2S3/c20-15-14-13(12-2-1-4-28-12)10-6-24(19(26)22-9-3-5-27-8-9)7-11(10)23-18(14)29-16(15)17(21)25/h1-5,8H,6-7,20H2,(H2,21,25)(H,22,26). The molecular weight excluding hydrogens is 426 g/mol. The minimum atomic E-state index is -0.556. The summed E-state index contributed by atoms with van der Waals surface area (Å²) in [6.45, 7) is 0.812. The maximum Gasteiger partial charge on any atom is 0.322 e. The number of carbonyl (C=O) groups is 2. The first-order valence-electron chi connectivity index (χ1n) is 8.68. The van der Waals surface area contributed by atoms with Crippen LogP contribution >= 0.6 is 34.0 Å². The molecule has 1 aliphatic rings. The summed E-state index contributed by atoms with van der Waals surface area (Å²) in [6, 6.07) is 5.66. The van der Waals surface area contributed by atoms with Crippen molar-refractivity contribution >= 4 is 67.5 Å². The Kier molecular flexibility index (Phi) is 4.26. The lowest BCUT2D eigenvalue weighted by Gasteiger charge is -2.15. The predicted octanol–water partition coefficient (Wildman–Crippen LogP) is 4.32. The third-order valence-electron chi connectivity index (χ3n) is 4.80. The van der Waals surface area contributed by atoms with Crippen molar-refractivity contribution < 1.29 is 9.59 Å². The van der Waals surface area contributed by atoms with Gasteiger partial charge in [0.2, 0.25) is 0 Å². The highest BCUT2D eigenvalue weighted by Gasteiger charge is 2.31. The first-order valence-corrected chi connectivity index (χ1v) is 11.3. The Morgan fingerprint density at radius 2 is 2.07 bits per heavy atom. The average Bonchev–Trinajstić information content (AvgIpc) is 3.47. The van der Waals surface area contributed by atoms with Gasteiger partial charge >= 0.3 is 6.03 Å². The van der Waals surface area contributed by atoms with Crippen molar-refractivity contribution in [2.45, 2.75) is 13.1 Å². The monoisotopic (exact) mass is 441 g/mol. The molecule has 5 rings (SSSR count). The van der Waals surface area contributed by atoms with Crippen molar-refractivity contribution in [3.63, 3.8) is 0 Å². The molecule has 5 heterocycles. The van der Waals surface area contributed by atoms with E-state index < -0.39 is 5.91 Å². The molecule has 0 atom stereocenters. The molecule has 0 saturated heterocycles. The van der Waals surface area contributed by atoms with Crippen LogP contribution in [0.25, 0.3) is 20.7 Å². The summed E-state index contributed by atoms with van der Waals surface area (Å²) in [5.41, 5.74) is 15.7. The van der Waals surface area contributed by atoms with Crippen LogP contribution in [0.4, 0.5) is 16.2 Å². The van der Waals surface area contributed by atoms with Crippen molar-refractivity contribution in [1.82, 2.24) is 9.88 Å². The van der Waals surface area contributed by atoms with Gasteiger partial charge in [-0.2, -0.15) is 11.3 Å². The summed E-state index contributed by atoms with van der Waals surface area (Å²) in [5, 5.41) is 9.44. The smallest absolute Gasteiger partial charge is 0.322 e. The molecule has 7 nitrogen and oxygen atoms in total. The van der Waals surface area contributed by atoms with Crippen LogP contribution in [0.1, 0.15) is 20.9 Å². The lowest BCUT2D eigenvalue weighted by Crippen LogP contribution is -2.30. The number of carbonyl (C=O) groups excluding carboxylic acids is 2. The summed E-state index contributed by atoms with van der Waals surface area (Å²) >= 11 is 4.31. The highest BCUT2D eigenvalue weighted by Crippen LogP contribution is 2.45. The average molecular weight is 442 g/mol. The molecule has 0 saturated carbocycles. The molecule has 29 heavy (non-hydrogen) atoms. The number of nitrogens with zero attached hydrogens (tertiary/aromatic N) is 2. The number of hydrogen-bond donors (Lipinski definition) is 3. The molecule has 5 N–H and O–H groups in total. The molecule has 0 fully saturated rings. The molecule has 3 amide bonds. The van der Waals surface area contributed by atoms with Crippen LogP contribution in [0.15, 0.2) is 34.3 Å². The fourth-order valence-electron chi connectivity index (χ4n) is 3.52. The second kappa shape index (κ2) is 6.83. The van der Waals surface area contributed by atoms with Crippen LogP contribution < -0.4 is 16.8 Å². The molecule has 0 aliphatic carbocycles. The quantitative estimate of drug-likeness (QED) is 0.439. The second-order valence-electron chi connectivity index (χ2n) is 6.58. The Bertz CT molecular complexity index is 1250. The van der Waals surface area contributed by atoms with Gasteiger partial charge in [0.15, 0.2) is 0 Å². The predicted molar refractivity (Wildman–Crippen MR) is 118 cm³/mol. The molecule has 0 unspecified atom stereocenters. The number of hydrogen-bond acceptors (Lipinski definition) is 7. The topological polar surface area (TPSA) is 114 Å². The van der Waals surface area contributed by atoms with Gasteiger partial charge in [0, 0.05) is 26.8 Å². The van der Waals surface area contributed by atoms with Crippen molar-refractivity contribution in [1.29, 1.82) is 0 Å². The molecule has 0 aromatic carbocycles. The van der Waals surface area contributed by atoms with Crippen LogP contribution in [0.5, 0.6) is 0 Å². The fourth-order valence-corrected chi connectivity index (χ4v) is 5.89. The van der Waals surface area contributed by atoms with E-state index in [9.17, 15) is 9.59 Å². The molecule has 10 heteroatoms. The van der Waals surface area contributed by atoms with Gasteiger partial charge in [-0.1, -0.05) is 6.07 Å². The van der Waals surface area contributed by atoms with E-state index in [4.69, 9.17) is 16.5 Å². The summed E-state index contributed by atoms with van der Waals surface area (Å²) < 4.78 is 0. The number of pyridine rings is 1. The maximum absolute atomic E-state index is 12.7. The van der Waals surface area contributed by atoms with Crippen LogP contribution in [0.2, 0.25) is 0 Å². The fraction of sp³-hybridized carbons (Fsp3) is 0.105. The molecule has 146 valence electrons. The summed E-state index contributed by atoms with van der Waals surface area (Å²) in [4.78, 5) is 33.0. The third kappa shape index (κ3) is 2.96. The number of primary amides is 1. The SMILES string of the molecule is NC(=O)c1sc2nc3c(c(-c4cccs4)c2c1N)CN(C(=O)Nc1ccsc1)C3. The number of nitrogens with two attached hydrogens (primary N) is 2. The molecule has 1 aliphatic heterocycles. The van der Waals surface area contributed by atoms with Crippen LogP contribution in [0, 0.1) is 0 Å². The number of rotatable bonds is 3. The Morgan fingerprint density at radius 3 is 2.76 bits per heavy atom. The number of amides is 3. The minimum Gasteiger partial charge on any atom is -0.397 e.